The Labute approximate surface area is 147 Å². The highest BCUT2D eigenvalue weighted by molar-refractivity contribution is 5.77. The maximum absolute atomic E-state index is 13.1. The maximum atomic E-state index is 13.1. The van der Waals surface area contributed by atoms with Crippen molar-refractivity contribution in [1.29, 1.82) is 0 Å². The van der Waals surface area contributed by atoms with Gasteiger partial charge >= 0.3 is 0 Å². The number of rotatable bonds is 5. The summed E-state index contributed by atoms with van der Waals surface area (Å²) >= 11 is 0. The molecule has 0 bridgehead atoms. The molecule has 1 aliphatic heterocycles. The lowest BCUT2D eigenvalue weighted by Crippen LogP contribution is -2.43. The molecule has 0 radical (unpaired) electrons. The molecule has 0 spiro atoms. The van der Waals surface area contributed by atoms with Crippen molar-refractivity contribution in [2.45, 2.75) is 25.0 Å². The van der Waals surface area contributed by atoms with E-state index < -0.39 is 0 Å². The number of para-hydroxylation sites is 1. The SMILES string of the molecule is CN(C(=O)COc1ccccc1)[C@H]1CCO[C@@H](c2ccc(F)cc2)C1. The van der Waals surface area contributed by atoms with Crippen LogP contribution in [0.3, 0.4) is 0 Å². The average Bonchev–Trinajstić information content (AvgIpc) is 2.67. The first-order valence-corrected chi connectivity index (χ1v) is 8.44. The van der Waals surface area contributed by atoms with Gasteiger partial charge in [-0.25, -0.2) is 4.39 Å². The molecule has 0 unspecified atom stereocenters. The lowest BCUT2D eigenvalue weighted by atomic mass is 9.96. The molecule has 25 heavy (non-hydrogen) atoms. The van der Waals surface area contributed by atoms with Gasteiger partial charge in [0, 0.05) is 19.7 Å². The van der Waals surface area contributed by atoms with Crippen molar-refractivity contribution in [2.75, 3.05) is 20.3 Å². The molecule has 1 aliphatic rings. The molecule has 3 rings (SSSR count). The molecule has 2 aromatic rings. The zero-order valence-electron chi connectivity index (χ0n) is 14.2. The highest BCUT2D eigenvalue weighted by atomic mass is 19.1. The van der Waals surface area contributed by atoms with E-state index in [4.69, 9.17) is 9.47 Å². The number of ether oxygens (including phenoxy) is 2. The number of hydrogen-bond acceptors (Lipinski definition) is 3. The van der Waals surface area contributed by atoms with Crippen LogP contribution in [0.5, 0.6) is 5.75 Å². The first-order valence-electron chi connectivity index (χ1n) is 8.44. The van der Waals surface area contributed by atoms with Gasteiger partial charge in [0.1, 0.15) is 11.6 Å². The number of carbonyl (C=O) groups is 1. The van der Waals surface area contributed by atoms with Gasteiger partial charge in [0.05, 0.1) is 6.10 Å². The normalized spacial score (nSPS) is 20.1. The van der Waals surface area contributed by atoms with E-state index in [1.807, 2.05) is 30.3 Å². The zero-order valence-corrected chi connectivity index (χ0v) is 14.2. The minimum atomic E-state index is -0.263. The highest BCUT2D eigenvalue weighted by Gasteiger charge is 2.29. The number of carbonyl (C=O) groups excluding carboxylic acids is 1. The molecule has 0 aliphatic carbocycles. The minimum Gasteiger partial charge on any atom is -0.484 e. The summed E-state index contributed by atoms with van der Waals surface area (Å²) in [6.45, 7) is 0.586. The maximum Gasteiger partial charge on any atom is 0.260 e. The Morgan fingerprint density at radius 3 is 2.64 bits per heavy atom. The summed E-state index contributed by atoms with van der Waals surface area (Å²) in [4.78, 5) is 14.2. The van der Waals surface area contributed by atoms with Crippen molar-refractivity contribution in [2.24, 2.45) is 0 Å². The molecule has 0 N–H and O–H groups in total. The molecule has 5 heteroatoms. The van der Waals surface area contributed by atoms with Crippen molar-refractivity contribution in [3.63, 3.8) is 0 Å². The lowest BCUT2D eigenvalue weighted by molar-refractivity contribution is -0.137. The van der Waals surface area contributed by atoms with Crippen LogP contribution in [0.2, 0.25) is 0 Å². The Morgan fingerprint density at radius 1 is 1.20 bits per heavy atom. The minimum absolute atomic E-state index is 0.0130. The standard InChI is InChI=1S/C20H22FNO3/c1-22(20(23)14-25-18-5-3-2-4-6-18)17-11-12-24-19(13-17)15-7-9-16(21)10-8-15/h2-10,17,19H,11-14H2,1H3/t17-,19+/m0/s1. The summed E-state index contributed by atoms with van der Waals surface area (Å²) in [5.74, 6) is 0.357. The fourth-order valence-corrected chi connectivity index (χ4v) is 3.01. The first-order chi connectivity index (χ1) is 12.1. The Morgan fingerprint density at radius 2 is 1.92 bits per heavy atom. The lowest BCUT2D eigenvalue weighted by Gasteiger charge is -2.35. The van der Waals surface area contributed by atoms with Crippen LogP contribution in [-0.2, 0) is 9.53 Å². The predicted molar refractivity (Wildman–Crippen MR) is 92.8 cm³/mol. The summed E-state index contributed by atoms with van der Waals surface area (Å²) < 4.78 is 24.4. The Bertz CT molecular complexity index is 690. The van der Waals surface area contributed by atoms with Crippen LogP contribution >= 0.6 is 0 Å². The third kappa shape index (κ3) is 4.57. The van der Waals surface area contributed by atoms with E-state index in [2.05, 4.69) is 0 Å². The Balaban J connectivity index is 1.56. The summed E-state index contributed by atoms with van der Waals surface area (Å²) in [6.07, 6.45) is 1.36. The fourth-order valence-electron chi connectivity index (χ4n) is 3.01. The van der Waals surface area contributed by atoms with Crippen LogP contribution in [0, 0.1) is 5.82 Å². The highest BCUT2D eigenvalue weighted by Crippen LogP contribution is 2.30. The van der Waals surface area contributed by atoms with E-state index in [-0.39, 0.29) is 30.5 Å². The van der Waals surface area contributed by atoms with Gasteiger partial charge in [0.15, 0.2) is 6.61 Å². The Kier molecular flexibility index (Phi) is 5.66. The summed E-state index contributed by atoms with van der Waals surface area (Å²) in [5.41, 5.74) is 0.937. The molecule has 1 saturated heterocycles. The smallest absolute Gasteiger partial charge is 0.260 e. The molecule has 2 atom stereocenters. The summed E-state index contributed by atoms with van der Waals surface area (Å²) in [6, 6.07) is 15.7. The van der Waals surface area contributed by atoms with Crippen LogP contribution in [0.15, 0.2) is 54.6 Å². The van der Waals surface area contributed by atoms with Crippen molar-refractivity contribution in [3.05, 3.63) is 66.0 Å². The zero-order chi connectivity index (χ0) is 17.6. The molecule has 0 saturated carbocycles. The molecular weight excluding hydrogens is 321 g/mol. The summed E-state index contributed by atoms with van der Waals surface area (Å²) in [7, 11) is 1.80. The third-order valence-electron chi connectivity index (χ3n) is 4.54. The van der Waals surface area contributed by atoms with E-state index in [0.29, 0.717) is 18.8 Å². The van der Waals surface area contributed by atoms with Gasteiger partial charge in [-0.15, -0.1) is 0 Å². The van der Waals surface area contributed by atoms with Gasteiger partial charge < -0.3 is 14.4 Å². The topological polar surface area (TPSA) is 38.8 Å². The molecular formula is C20H22FNO3. The van der Waals surface area contributed by atoms with Crippen LogP contribution in [0.25, 0.3) is 0 Å². The second-order valence-corrected chi connectivity index (χ2v) is 6.20. The number of hydrogen-bond donors (Lipinski definition) is 0. The largest absolute Gasteiger partial charge is 0.484 e. The van der Waals surface area contributed by atoms with E-state index in [1.165, 1.54) is 12.1 Å². The molecule has 1 heterocycles. The van der Waals surface area contributed by atoms with Gasteiger partial charge in [-0.1, -0.05) is 30.3 Å². The van der Waals surface area contributed by atoms with Gasteiger partial charge in [-0.2, -0.15) is 0 Å². The van der Waals surface area contributed by atoms with Crippen LogP contribution in [0.1, 0.15) is 24.5 Å². The number of benzene rings is 2. The second-order valence-electron chi connectivity index (χ2n) is 6.20. The van der Waals surface area contributed by atoms with Crippen molar-refractivity contribution >= 4 is 5.91 Å². The van der Waals surface area contributed by atoms with Crippen LogP contribution in [0.4, 0.5) is 4.39 Å². The molecule has 1 fully saturated rings. The molecule has 4 nitrogen and oxygen atoms in total. The molecule has 0 aromatic heterocycles. The predicted octanol–water partition coefficient (Wildman–Crippen LogP) is 3.58. The van der Waals surface area contributed by atoms with E-state index in [1.54, 1.807) is 24.1 Å². The molecule has 1 amide bonds. The fraction of sp³-hybridized carbons (Fsp3) is 0.350. The van der Waals surface area contributed by atoms with Crippen LogP contribution in [-0.4, -0.2) is 37.1 Å². The van der Waals surface area contributed by atoms with Crippen molar-refractivity contribution in [1.82, 2.24) is 4.90 Å². The quantitative estimate of drug-likeness (QED) is 0.833. The second kappa shape index (κ2) is 8.12. The number of amides is 1. The number of halogens is 1. The first kappa shape index (κ1) is 17.4. The Hall–Kier alpha value is -2.40. The van der Waals surface area contributed by atoms with Gasteiger partial charge in [0.25, 0.3) is 5.91 Å². The van der Waals surface area contributed by atoms with Gasteiger partial charge in [-0.3, -0.25) is 4.79 Å². The monoisotopic (exact) mass is 343 g/mol. The molecule has 2 aromatic carbocycles. The van der Waals surface area contributed by atoms with Gasteiger partial charge in [0.2, 0.25) is 0 Å². The van der Waals surface area contributed by atoms with E-state index in [9.17, 15) is 9.18 Å². The number of likely N-dealkylation sites (N-methyl/N-ethyl adjacent to an activating group) is 1. The third-order valence-corrected chi connectivity index (χ3v) is 4.54. The van der Waals surface area contributed by atoms with Gasteiger partial charge in [-0.05, 0) is 42.7 Å². The van der Waals surface area contributed by atoms with Crippen molar-refractivity contribution in [3.8, 4) is 5.75 Å². The summed E-state index contributed by atoms with van der Waals surface area (Å²) in [5, 5.41) is 0. The van der Waals surface area contributed by atoms with E-state index >= 15 is 0 Å². The van der Waals surface area contributed by atoms with Crippen molar-refractivity contribution < 1.29 is 18.7 Å². The van der Waals surface area contributed by atoms with Crippen LogP contribution < -0.4 is 4.74 Å². The molecule has 132 valence electrons. The number of nitrogens with zero attached hydrogens (tertiary/aromatic N) is 1. The average molecular weight is 343 g/mol. The van der Waals surface area contributed by atoms with E-state index in [0.717, 1.165) is 12.0 Å².